The highest BCUT2D eigenvalue weighted by Gasteiger charge is 1.99. The average molecular weight is 299 g/mol. The van der Waals surface area contributed by atoms with Crippen LogP contribution in [0.1, 0.15) is 5.82 Å². The van der Waals surface area contributed by atoms with Gasteiger partial charge < -0.3 is 5.32 Å². The highest BCUT2D eigenvalue weighted by Crippen LogP contribution is 2.25. The minimum atomic E-state index is 0.592. The molecule has 0 aliphatic heterocycles. The van der Waals surface area contributed by atoms with Gasteiger partial charge in [0.2, 0.25) is 0 Å². The van der Waals surface area contributed by atoms with Gasteiger partial charge in [0.05, 0.1) is 11.6 Å². The Hall–Kier alpha value is -1.13. The van der Waals surface area contributed by atoms with Crippen LogP contribution in [0.3, 0.4) is 0 Å². The standard InChI is InChI=1S/C11H9BrClN3/c12-9-6-8(2-3-10(9)13)16-7-11-14-4-1-5-15-11/h1-6,16H,7H2. The number of nitrogens with zero attached hydrogens (tertiary/aromatic N) is 2. The van der Waals surface area contributed by atoms with Gasteiger partial charge in [0, 0.05) is 22.6 Å². The molecule has 0 unspecified atom stereocenters. The Morgan fingerprint density at radius 3 is 2.69 bits per heavy atom. The van der Waals surface area contributed by atoms with Crippen molar-refractivity contribution in [2.24, 2.45) is 0 Å². The SMILES string of the molecule is Clc1ccc(NCc2ncccn2)cc1Br. The molecule has 0 saturated carbocycles. The first kappa shape index (κ1) is 11.4. The van der Waals surface area contributed by atoms with Crippen LogP contribution < -0.4 is 5.32 Å². The van der Waals surface area contributed by atoms with Crippen LogP contribution in [0.2, 0.25) is 5.02 Å². The average Bonchev–Trinajstić information content (AvgIpc) is 2.32. The van der Waals surface area contributed by atoms with E-state index in [9.17, 15) is 0 Å². The van der Waals surface area contributed by atoms with Crippen LogP contribution in [0.15, 0.2) is 41.1 Å². The Kier molecular flexibility index (Phi) is 3.74. The first-order chi connectivity index (χ1) is 7.75. The molecule has 5 heteroatoms. The van der Waals surface area contributed by atoms with Crippen molar-refractivity contribution in [3.05, 3.63) is 52.0 Å². The van der Waals surface area contributed by atoms with Crippen LogP contribution in [0.5, 0.6) is 0 Å². The summed E-state index contributed by atoms with van der Waals surface area (Å²) in [7, 11) is 0. The molecule has 1 aromatic carbocycles. The lowest BCUT2D eigenvalue weighted by Crippen LogP contribution is -2.03. The number of nitrogens with one attached hydrogen (secondary N) is 1. The molecule has 0 amide bonds. The van der Waals surface area contributed by atoms with Gasteiger partial charge in [-0.3, -0.25) is 0 Å². The van der Waals surface area contributed by atoms with Gasteiger partial charge in [0.15, 0.2) is 0 Å². The van der Waals surface area contributed by atoms with Gasteiger partial charge in [-0.15, -0.1) is 0 Å². The second-order valence-electron chi connectivity index (χ2n) is 3.15. The summed E-state index contributed by atoms with van der Waals surface area (Å²) in [5, 5.41) is 3.91. The van der Waals surface area contributed by atoms with Crippen molar-refractivity contribution >= 4 is 33.2 Å². The summed E-state index contributed by atoms with van der Waals surface area (Å²) in [6, 6.07) is 7.46. The molecule has 2 rings (SSSR count). The van der Waals surface area contributed by atoms with Crippen LogP contribution >= 0.6 is 27.5 Å². The molecule has 82 valence electrons. The van der Waals surface area contributed by atoms with Gasteiger partial charge in [-0.2, -0.15) is 0 Å². The van der Waals surface area contributed by atoms with Crippen LogP contribution in [-0.4, -0.2) is 9.97 Å². The molecule has 3 nitrogen and oxygen atoms in total. The zero-order chi connectivity index (χ0) is 11.4. The van der Waals surface area contributed by atoms with Crippen LogP contribution in [0, 0.1) is 0 Å². The lowest BCUT2D eigenvalue weighted by molar-refractivity contribution is 0.948. The molecule has 0 atom stereocenters. The van der Waals surface area contributed by atoms with Crippen molar-refractivity contribution in [2.45, 2.75) is 6.54 Å². The predicted molar refractivity (Wildman–Crippen MR) is 68.5 cm³/mol. The monoisotopic (exact) mass is 297 g/mol. The molecule has 0 aliphatic rings. The molecule has 1 aromatic heterocycles. The van der Waals surface area contributed by atoms with Crippen LogP contribution in [0.4, 0.5) is 5.69 Å². The molecule has 0 spiro atoms. The third-order valence-electron chi connectivity index (χ3n) is 1.99. The molecular weight excluding hydrogens is 289 g/mol. The third kappa shape index (κ3) is 2.93. The highest BCUT2D eigenvalue weighted by molar-refractivity contribution is 9.10. The number of aromatic nitrogens is 2. The van der Waals surface area contributed by atoms with Crippen LogP contribution in [0.25, 0.3) is 0 Å². The first-order valence-corrected chi connectivity index (χ1v) is 5.87. The largest absolute Gasteiger partial charge is 0.378 e. The molecule has 0 aliphatic carbocycles. The lowest BCUT2D eigenvalue weighted by Gasteiger charge is -2.06. The highest BCUT2D eigenvalue weighted by atomic mass is 79.9. The van der Waals surface area contributed by atoms with E-state index in [1.54, 1.807) is 18.5 Å². The summed E-state index contributed by atoms with van der Waals surface area (Å²) in [4.78, 5) is 8.24. The number of rotatable bonds is 3. The molecule has 0 radical (unpaired) electrons. The van der Waals surface area contributed by atoms with Crippen molar-refractivity contribution in [3.63, 3.8) is 0 Å². The van der Waals surface area contributed by atoms with Crippen molar-refractivity contribution in [1.82, 2.24) is 9.97 Å². The smallest absolute Gasteiger partial charge is 0.147 e. The molecule has 0 fully saturated rings. The Labute approximate surface area is 107 Å². The summed E-state index contributed by atoms with van der Waals surface area (Å²) in [5.74, 6) is 0.758. The molecule has 2 aromatic rings. The lowest BCUT2D eigenvalue weighted by atomic mass is 10.3. The van der Waals surface area contributed by atoms with Crippen LogP contribution in [-0.2, 0) is 6.54 Å². The summed E-state index contributed by atoms with van der Waals surface area (Å²) in [6.07, 6.45) is 3.45. The van der Waals surface area contributed by atoms with Crippen molar-refractivity contribution in [1.29, 1.82) is 0 Å². The predicted octanol–water partition coefficient (Wildman–Crippen LogP) is 3.50. The molecule has 0 bridgehead atoms. The zero-order valence-electron chi connectivity index (χ0n) is 8.32. The number of halogens is 2. The van der Waals surface area contributed by atoms with Gasteiger partial charge in [-0.05, 0) is 40.2 Å². The minimum absolute atomic E-state index is 0.592. The fraction of sp³-hybridized carbons (Fsp3) is 0.0909. The normalized spacial score (nSPS) is 10.1. The van der Waals surface area contributed by atoms with Gasteiger partial charge >= 0.3 is 0 Å². The Morgan fingerprint density at radius 2 is 2.00 bits per heavy atom. The quantitative estimate of drug-likeness (QED) is 0.942. The van der Waals surface area contributed by atoms with E-state index >= 15 is 0 Å². The molecule has 0 saturated heterocycles. The van der Waals surface area contributed by atoms with Gasteiger partial charge in [-0.25, -0.2) is 9.97 Å². The third-order valence-corrected chi connectivity index (χ3v) is 3.20. The summed E-state index contributed by atoms with van der Waals surface area (Å²) < 4.78 is 0.869. The maximum atomic E-state index is 5.90. The maximum absolute atomic E-state index is 5.90. The Bertz CT molecular complexity index is 476. The Morgan fingerprint density at radius 1 is 1.25 bits per heavy atom. The van der Waals surface area contributed by atoms with E-state index in [1.165, 1.54) is 0 Å². The summed E-state index contributed by atoms with van der Waals surface area (Å²) in [6.45, 7) is 0.592. The minimum Gasteiger partial charge on any atom is -0.378 e. The van der Waals surface area contributed by atoms with Gasteiger partial charge in [0.1, 0.15) is 5.82 Å². The van der Waals surface area contributed by atoms with Gasteiger partial charge in [-0.1, -0.05) is 11.6 Å². The van der Waals surface area contributed by atoms with E-state index in [0.29, 0.717) is 11.6 Å². The number of hydrogen-bond donors (Lipinski definition) is 1. The van der Waals surface area contributed by atoms with E-state index in [4.69, 9.17) is 11.6 Å². The molecule has 1 N–H and O–H groups in total. The van der Waals surface area contributed by atoms with E-state index in [-0.39, 0.29) is 0 Å². The second-order valence-corrected chi connectivity index (χ2v) is 4.41. The number of anilines is 1. The molecular formula is C11H9BrClN3. The fourth-order valence-electron chi connectivity index (χ4n) is 1.21. The van der Waals surface area contributed by atoms with Crippen molar-refractivity contribution in [3.8, 4) is 0 Å². The van der Waals surface area contributed by atoms with Crippen molar-refractivity contribution in [2.75, 3.05) is 5.32 Å². The van der Waals surface area contributed by atoms with Crippen molar-refractivity contribution < 1.29 is 0 Å². The summed E-state index contributed by atoms with van der Waals surface area (Å²) in [5.41, 5.74) is 0.976. The first-order valence-electron chi connectivity index (χ1n) is 4.70. The van der Waals surface area contributed by atoms with E-state index in [1.807, 2.05) is 18.2 Å². The molecule has 16 heavy (non-hydrogen) atoms. The Balaban J connectivity index is 2.03. The summed E-state index contributed by atoms with van der Waals surface area (Å²) >= 11 is 9.27. The second kappa shape index (κ2) is 5.27. The van der Waals surface area contributed by atoms with E-state index in [0.717, 1.165) is 16.0 Å². The molecule has 1 heterocycles. The number of benzene rings is 1. The topological polar surface area (TPSA) is 37.8 Å². The maximum Gasteiger partial charge on any atom is 0.147 e. The van der Waals surface area contributed by atoms with E-state index in [2.05, 4.69) is 31.2 Å². The fourth-order valence-corrected chi connectivity index (χ4v) is 1.70. The van der Waals surface area contributed by atoms with E-state index < -0.39 is 0 Å². The van der Waals surface area contributed by atoms with Gasteiger partial charge in [0.25, 0.3) is 0 Å². The number of hydrogen-bond acceptors (Lipinski definition) is 3. The zero-order valence-corrected chi connectivity index (χ0v) is 10.7.